The van der Waals surface area contributed by atoms with E-state index in [1.807, 2.05) is 38.4 Å². The summed E-state index contributed by atoms with van der Waals surface area (Å²) in [7, 11) is 1.88. The summed E-state index contributed by atoms with van der Waals surface area (Å²) in [6.07, 6.45) is 1.96. The summed E-state index contributed by atoms with van der Waals surface area (Å²) in [5, 5.41) is 13.9. The highest BCUT2D eigenvalue weighted by atomic mass is 16.4. The third-order valence-electron chi connectivity index (χ3n) is 4.41. The van der Waals surface area contributed by atoms with Crippen LogP contribution in [0.5, 0.6) is 0 Å². The molecule has 22 heavy (non-hydrogen) atoms. The molecule has 0 aliphatic carbocycles. The molecule has 1 saturated heterocycles. The number of carboxylic acid groups (broad SMARTS) is 1. The Bertz CT molecular complexity index is 666. The van der Waals surface area contributed by atoms with Crippen LogP contribution < -0.4 is 0 Å². The molecule has 0 saturated carbocycles. The Hall–Kier alpha value is -2.14. The van der Waals surface area contributed by atoms with Gasteiger partial charge in [-0.25, -0.2) is 0 Å². The third kappa shape index (κ3) is 2.90. The first kappa shape index (κ1) is 14.8. The standard InChI is InChI=1S/C17H21N3O2/c1-12-14(9-19(2)18-12)15-10-20(11-16(15)17(21)22)8-13-6-4-3-5-7-13/h3-7,9,15-16H,8,10-11H2,1-2H3,(H,21,22)/t15-,16+/m1/s1. The Morgan fingerprint density at radius 1 is 1.32 bits per heavy atom. The van der Waals surface area contributed by atoms with Gasteiger partial charge in [0.15, 0.2) is 0 Å². The summed E-state index contributed by atoms with van der Waals surface area (Å²) in [5.41, 5.74) is 3.21. The Morgan fingerprint density at radius 3 is 2.64 bits per heavy atom. The van der Waals surface area contributed by atoms with Gasteiger partial charge in [-0.05, 0) is 18.1 Å². The Balaban J connectivity index is 1.81. The van der Waals surface area contributed by atoms with E-state index in [1.165, 1.54) is 5.56 Å². The minimum atomic E-state index is -0.719. The normalized spacial score (nSPS) is 22.1. The predicted molar refractivity (Wildman–Crippen MR) is 83.5 cm³/mol. The second-order valence-electron chi connectivity index (χ2n) is 6.07. The van der Waals surface area contributed by atoms with Gasteiger partial charge in [0.2, 0.25) is 0 Å². The van der Waals surface area contributed by atoms with Gasteiger partial charge in [-0.1, -0.05) is 30.3 Å². The number of aryl methyl sites for hydroxylation is 2. The molecule has 1 aromatic heterocycles. The SMILES string of the molecule is Cc1nn(C)cc1[C@H]1CN(Cc2ccccc2)C[C@@H]1C(=O)O. The average Bonchev–Trinajstić information content (AvgIpc) is 3.03. The largest absolute Gasteiger partial charge is 0.481 e. The van der Waals surface area contributed by atoms with Gasteiger partial charge in [0, 0.05) is 38.8 Å². The molecule has 2 atom stereocenters. The summed E-state index contributed by atoms with van der Waals surface area (Å²) in [6, 6.07) is 10.2. The molecule has 3 rings (SSSR count). The number of nitrogens with zero attached hydrogens (tertiary/aromatic N) is 3. The van der Waals surface area contributed by atoms with Gasteiger partial charge in [0.1, 0.15) is 0 Å². The smallest absolute Gasteiger partial charge is 0.308 e. The van der Waals surface area contributed by atoms with Crippen molar-refractivity contribution >= 4 is 5.97 Å². The molecule has 116 valence electrons. The molecule has 2 heterocycles. The molecule has 2 aromatic rings. The molecular formula is C17H21N3O2. The second-order valence-corrected chi connectivity index (χ2v) is 6.07. The number of carboxylic acids is 1. The van der Waals surface area contributed by atoms with Crippen LogP contribution in [0.1, 0.15) is 22.7 Å². The van der Waals surface area contributed by atoms with Crippen molar-refractivity contribution in [2.45, 2.75) is 19.4 Å². The minimum absolute atomic E-state index is 0.00918. The zero-order valence-corrected chi connectivity index (χ0v) is 12.9. The van der Waals surface area contributed by atoms with Crippen molar-refractivity contribution < 1.29 is 9.90 Å². The average molecular weight is 299 g/mol. The van der Waals surface area contributed by atoms with E-state index in [0.29, 0.717) is 6.54 Å². The van der Waals surface area contributed by atoms with E-state index in [0.717, 1.165) is 24.3 Å². The van der Waals surface area contributed by atoms with Gasteiger partial charge in [-0.15, -0.1) is 0 Å². The van der Waals surface area contributed by atoms with Crippen LogP contribution in [0.3, 0.4) is 0 Å². The number of likely N-dealkylation sites (tertiary alicyclic amines) is 1. The van der Waals surface area contributed by atoms with Gasteiger partial charge in [-0.2, -0.15) is 5.10 Å². The van der Waals surface area contributed by atoms with E-state index >= 15 is 0 Å². The molecule has 0 spiro atoms. The Labute approximate surface area is 130 Å². The van der Waals surface area contributed by atoms with Gasteiger partial charge >= 0.3 is 5.97 Å². The quantitative estimate of drug-likeness (QED) is 0.938. The lowest BCUT2D eigenvalue weighted by Crippen LogP contribution is -2.23. The van der Waals surface area contributed by atoms with E-state index in [1.54, 1.807) is 4.68 Å². The number of aromatic nitrogens is 2. The summed E-state index contributed by atoms with van der Waals surface area (Å²) in [5.74, 6) is -1.08. The molecule has 1 aliphatic heterocycles. The fourth-order valence-electron chi connectivity index (χ4n) is 3.40. The zero-order chi connectivity index (χ0) is 15.7. The Kier molecular flexibility index (Phi) is 3.98. The molecule has 0 bridgehead atoms. The first-order chi connectivity index (χ1) is 10.5. The maximum atomic E-state index is 11.6. The van der Waals surface area contributed by atoms with Crippen LogP contribution >= 0.6 is 0 Å². The van der Waals surface area contributed by atoms with Crippen molar-refractivity contribution in [3.05, 3.63) is 53.3 Å². The lowest BCUT2D eigenvalue weighted by atomic mass is 9.89. The van der Waals surface area contributed by atoms with Crippen molar-refractivity contribution in [2.75, 3.05) is 13.1 Å². The Morgan fingerprint density at radius 2 is 2.05 bits per heavy atom. The number of hydrogen-bond donors (Lipinski definition) is 1. The first-order valence-corrected chi connectivity index (χ1v) is 7.54. The third-order valence-corrected chi connectivity index (χ3v) is 4.41. The summed E-state index contributed by atoms with van der Waals surface area (Å²) in [6.45, 7) is 4.09. The van der Waals surface area contributed by atoms with E-state index in [2.05, 4.69) is 22.1 Å². The molecule has 1 aliphatic rings. The van der Waals surface area contributed by atoms with Crippen molar-refractivity contribution in [1.82, 2.24) is 14.7 Å². The zero-order valence-electron chi connectivity index (χ0n) is 12.9. The van der Waals surface area contributed by atoms with Crippen LogP contribution in [0.25, 0.3) is 0 Å². The fourth-order valence-corrected chi connectivity index (χ4v) is 3.40. The van der Waals surface area contributed by atoms with Crippen LogP contribution in [0, 0.1) is 12.8 Å². The maximum Gasteiger partial charge on any atom is 0.308 e. The summed E-state index contributed by atoms with van der Waals surface area (Å²) >= 11 is 0. The molecule has 0 radical (unpaired) electrons. The van der Waals surface area contributed by atoms with Gasteiger partial charge in [0.25, 0.3) is 0 Å². The highest BCUT2D eigenvalue weighted by Gasteiger charge is 2.39. The minimum Gasteiger partial charge on any atom is -0.481 e. The molecule has 5 heteroatoms. The number of benzene rings is 1. The van der Waals surface area contributed by atoms with Crippen molar-refractivity contribution in [1.29, 1.82) is 0 Å². The predicted octanol–water partition coefficient (Wildman–Crippen LogP) is 2.03. The molecule has 5 nitrogen and oxygen atoms in total. The van der Waals surface area contributed by atoms with E-state index in [9.17, 15) is 9.90 Å². The molecular weight excluding hydrogens is 278 g/mol. The number of hydrogen-bond acceptors (Lipinski definition) is 3. The van der Waals surface area contributed by atoms with E-state index in [4.69, 9.17) is 0 Å². The molecule has 1 aromatic carbocycles. The number of aliphatic carboxylic acids is 1. The highest BCUT2D eigenvalue weighted by molar-refractivity contribution is 5.72. The maximum absolute atomic E-state index is 11.6. The van der Waals surface area contributed by atoms with E-state index in [-0.39, 0.29) is 11.8 Å². The van der Waals surface area contributed by atoms with Crippen molar-refractivity contribution in [3.8, 4) is 0 Å². The van der Waals surface area contributed by atoms with Crippen LogP contribution in [-0.4, -0.2) is 38.8 Å². The van der Waals surface area contributed by atoms with Gasteiger partial charge in [0.05, 0.1) is 11.6 Å². The van der Waals surface area contributed by atoms with Crippen LogP contribution in [-0.2, 0) is 18.4 Å². The summed E-state index contributed by atoms with van der Waals surface area (Å²) < 4.78 is 1.77. The lowest BCUT2D eigenvalue weighted by Gasteiger charge is -2.15. The summed E-state index contributed by atoms with van der Waals surface area (Å²) in [4.78, 5) is 13.9. The lowest BCUT2D eigenvalue weighted by molar-refractivity contribution is -0.141. The van der Waals surface area contributed by atoms with Crippen LogP contribution in [0.4, 0.5) is 0 Å². The van der Waals surface area contributed by atoms with Gasteiger partial charge < -0.3 is 5.11 Å². The van der Waals surface area contributed by atoms with Crippen LogP contribution in [0.2, 0.25) is 0 Å². The highest BCUT2D eigenvalue weighted by Crippen LogP contribution is 2.34. The van der Waals surface area contributed by atoms with Crippen molar-refractivity contribution in [2.24, 2.45) is 13.0 Å². The fraction of sp³-hybridized carbons (Fsp3) is 0.412. The van der Waals surface area contributed by atoms with Gasteiger partial charge in [-0.3, -0.25) is 14.4 Å². The molecule has 0 amide bonds. The molecule has 1 N–H and O–H groups in total. The topological polar surface area (TPSA) is 58.4 Å². The second kappa shape index (κ2) is 5.93. The first-order valence-electron chi connectivity index (χ1n) is 7.54. The number of rotatable bonds is 4. The van der Waals surface area contributed by atoms with Crippen molar-refractivity contribution in [3.63, 3.8) is 0 Å². The van der Waals surface area contributed by atoms with Crippen LogP contribution in [0.15, 0.2) is 36.5 Å². The van der Waals surface area contributed by atoms with E-state index < -0.39 is 5.97 Å². The molecule has 1 fully saturated rings. The monoisotopic (exact) mass is 299 g/mol. The molecule has 0 unspecified atom stereocenters. The number of carbonyl (C=O) groups is 1.